The molecule has 1 aliphatic rings. The van der Waals surface area contributed by atoms with E-state index < -0.39 is 28.7 Å². The Hall–Kier alpha value is -3.46. The first kappa shape index (κ1) is 19.3. The number of allylic oxidation sites excluding steroid dienone is 1. The van der Waals surface area contributed by atoms with Crippen LogP contribution in [0.4, 0.5) is 20.6 Å². The number of urea groups is 1. The molecule has 0 spiro atoms. The molecule has 0 saturated heterocycles. The maximum absolute atomic E-state index is 14.4. The molecule has 144 valence electrons. The van der Waals surface area contributed by atoms with E-state index in [4.69, 9.17) is 11.6 Å². The predicted octanol–water partition coefficient (Wildman–Crippen LogP) is 3.65. The number of benzene rings is 2. The van der Waals surface area contributed by atoms with Gasteiger partial charge < -0.3 is 16.0 Å². The van der Waals surface area contributed by atoms with Crippen LogP contribution in [0.3, 0.4) is 0 Å². The van der Waals surface area contributed by atoms with Gasteiger partial charge in [-0.2, -0.15) is 0 Å². The molecule has 0 aliphatic carbocycles. The Morgan fingerprint density at radius 2 is 2.00 bits per heavy atom. The van der Waals surface area contributed by atoms with E-state index in [2.05, 4.69) is 16.0 Å². The Morgan fingerprint density at radius 3 is 2.68 bits per heavy atom. The number of nitro groups is 1. The van der Waals surface area contributed by atoms with Gasteiger partial charge >= 0.3 is 6.03 Å². The van der Waals surface area contributed by atoms with E-state index >= 15 is 0 Å². The minimum absolute atomic E-state index is 0.0260. The fourth-order valence-electron chi connectivity index (χ4n) is 2.89. The number of halogens is 2. The second kappa shape index (κ2) is 7.65. The number of carbonyl (C=O) groups is 2. The highest BCUT2D eigenvalue weighted by Crippen LogP contribution is 2.34. The van der Waals surface area contributed by atoms with E-state index in [0.29, 0.717) is 0 Å². The van der Waals surface area contributed by atoms with Crippen LogP contribution in [0.25, 0.3) is 0 Å². The van der Waals surface area contributed by atoms with Crippen LogP contribution >= 0.6 is 11.6 Å². The number of hydrogen-bond acceptors (Lipinski definition) is 4. The van der Waals surface area contributed by atoms with Crippen LogP contribution in [-0.4, -0.2) is 16.9 Å². The number of non-ortho nitro benzene ring substituents is 1. The Morgan fingerprint density at radius 1 is 1.29 bits per heavy atom. The number of amides is 3. The number of carbonyl (C=O) groups excluding carboxylic acids is 2. The summed E-state index contributed by atoms with van der Waals surface area (Å²) in [4.78, 5) is 35.1. The van der Waals surface area contributed by atoms with Gasteiger partial charge in [-0.15, -0.1) is 0 Å². The van der Waals surface area contributed by atoms with E-state index in [1.807, 2.05) is 0 Å². The minimum atomic E-state index is -1.14. The van der Waals surface area contributed by atoms with Crippen LogP contribution < -0.4 is 16.0 Å². The first-order valence-electron chi connectivity index (χ1n) is 8.06. The lowest BCUT2D eigenvalue weighted by Crippen LogP contribution is -2.46. The zero-order valence-electron chi connectivity index (χ0n) is 14.5. The summed E-state index contributed by atoms with van der Waals surface area (Å²) in [6.07, 6.45) is 0. The van der Waals surface area contributed by atoms with Gasteiger partial charge in [-0.3, -0.25) is 14.9 Å². The monoisotopic (exact) mass is 404 g/mol. The summed E-state index contributed by atoms with van der Waals surface area (Å²) in [5, 5.41) is 18.4. The molecular weight excluding hydrogens is 391 g/mol. The molecule has 2 aromatic carbocycles. The van der Waals surface area contributed by atoms with E-state index in [1.54, 1.807) is 0 Å². The molecule has 3 rings (SSSR count). The summed E-state index contributed by atoms with van der Waals surface area (Å²) < 4.78 is 14.4. The fourth-order valence-corrected chi connectivity index (χ4v) is 3.17. The van der Waals surface area contributed by atoms with Crippen molar-refractivity contribution in [2.75, 3.05) is 5.32 Å². The smallest absolute Gasteiger partial charge is 0.319 e. The first-order valence-corrected chi connectivity index (χ1v) is 8.43. The summed E-state index contributed by atoms with van der Waals surface area (Å²) in [5.74, 6) is -1.36. The molecule has 0 bridgehead atoms. The van der Waals surface area contributed by atoms with Gasteiger partial charge in [0.05, 0.1) is 16.5 Å². The molecule has 3 N–H and O–H groups in total. The summed E-state index contributed by atoms with van der Waals surface area (Å²) in [5.41, 5.74) is 0.152. The van der Waals surface area contributed by atoms with Crippen molar-refractivity contribution in [1.29, 1.82) is 0 Å². The Labute approximate surface area is 163 Å². The van der Waals surface area contributed by atoms with Crippen molar-refractivity contribution in [2.45, 2.75) is 13.0 Å². The van der Waals surface area contributed by atoms with E-state index in [0.717, 1.165) is 0 Å². The molecule has 8 nitrogen and oxygen atoms in total. The number of hydrogen-bond donors (Lipinski definition) is 3. The summed E-state index contributed by atoms with van der Waals surface area (Å²) in [6, 6.07) is 7.62. The number of rotatable bonds is 4. The average molecular weight is 405 g/mol. The summed E-state index contributed by atoms with van der Waals surface area (Å²) in [6.45, 7) is 1.49. The number of nitrogens with one attached hydrogen (secondary N) is 3. The zero-order chi connectivity index (χ0) is 20.4. The average Bonchev–Trinajstić information content (AvgIpc) is 2.61. The number of nitro benzene ring substituents is 1. The van der Waals surface area contributed by atoms with Gasteiger partial charge in [0.1, 0.15) is 5.82 Å². The molecule has 10 heteroatoms. The molecule has 0 fully saturated rings. The van der Waals surface area contributed by atoms with Gasteiger partial charge in [0, 0.05) is 34.1 Å². The third-order valence-corrected chi connectivity index (χ3v) is 4.45. The Bertz CT molecular complexity index is 1000. The Kier molecular flexibility index (Phi) is 5.27. The fraction of sp³-hybridized carbons (Fsp3) is 0.111. The second-order valence-electron chi connectivity index (χ2n) is 5.97. The van der Waals surface area contributed by atoms with Crippen molar-refractivity contribution in [3.05, 3.63) is 80.3 Å². The summed E-state index contributed by atoms with van der Waals surface area (Å²) in [7, 11) is 0. The third kappa shape index (κ3) is 3.79. The lowest BCUT2D eigenvalue weighted by Gasteiger charge is -2.29. The SMILES string of the molecule is CC1=C(C(=O)Nc2cccc([N+](=O)[O-])c2)[C@@H](c2c(F)cccc2Cl)NC(=O)N1. The molecule has 1 heterocycles. The standard InChI is InChI=1S/C18H14ClFN4O4/c1-9-14(17(25)22-10-4-2-5-11(8-10)24(27)28)16(23-18(26)21-9)15-12(19)6-3-7-13(15)20/h2-8,16H,1H3,(H,22,25)(H2,21,23,26)/t16-/m0/s1. The van der Waals surface area contributed by atoms with Crippen LogP contribution in [0, 0.1) is 15.9 Å². The molecule has 3 amide bonds. The summed E-state index contributed by atoms with van der Waals surface area (Å²) >= 11 is 6.10. The molecular formula is C18H14ClFN4O4. The van der Waals surface area contributed by atoms with Crippen LogP contribution in [0.5, 0.6) is 0 Å². The van der Waals surface area contributed by atoms with Crippen LogP contribution in [0.2, 0.25) is 5.02 Å². The van der Waals surface area contributed by atoms with E-state index in [-0.39, 0.29) is 33.2 Å². The van der Waals surface area contributed by atoms with Crippen molar-refractivity contribution >= 4 is 34.9 Å². The van der Waals surface area contributed by atoms with E-state index in [1.165, 1.54) is 49.4 Å². The van der Waals surface area contributed by atoms with Gasteiger partial charge in [-0.25, -0.2) is 9.18 Å². The topological polar surface area (TPSA) is 113 Å². The molecule has 2 aromatic rings. The second-order valence-corrected chi connectivity index (χ2v) is 6.37. The maximum atomic E-state index is 14.4. The lowest BCUT2D eigenvalue weighted by molar-refractivity contribution is -0.384. The van der Waals surface area contributed by atoms with Crippen molar-refractivity contribution in [3.8, 4) is 0 Å². The highest BCUT2D eigenvalue weighted by Gasteiger charge is 2.34. The number of anilines is 1. The van der Waals surface area contributed by atoms with Crippen molar-refractivity contribution < 1.29 is 18.9 Å². The Balaban J connectivity index is 2.00. The minimum Gasteiger partial charge on any atom is -0.327 e. The van der Waals surface area contributed by atoms with Crippen molar-refractivity contribution in [2.24, 2.45) is 0 Å². The molecule has 0 unspecified atom stereocenters. The molecule has 1 atom stereocenters. The molecule has 1 aliphatic heterocycles. The van der Waals surface area contributed by atoms with Gasteiger partial charge in [0.2, 0.25) is 0 Å². The van der Waals surface area contributed by atoms with Crippen LogP contribution in [-0.2, 0) is 4.79 Å². The normalized spacial score (nSPS) is 16.2. The molecule has 28 heavy (non-hydrogen) atoms. The number of nitrogens with zero attached hydrogens (tertiary/aromatic N) is 1. The van der Waals surface area contributed by atoms with Crippen molar-refractivity contribution in [3.63, 3.8) is 0 Å². The van der Waals surface area contributed by atoms with Crippen LogP contribution in [0.1, 0.15) is 18.5 Å². The highest BCUT2D eigenvalue weighted by molar-refractivity contribution is 6.31. The lowest BCUT2D eigenvalue weighted by atomic mass is 9.94. The third-order valence-electron chi connectivity index (χ3n) is 4.12. The zero-order valence-corrected chi connectivity index (χ0v) is 15.2. The first-order chi connectivity index (χ1) is 13.3. The van der Waals surface area contributed by atoms with Gasteiger partial charge in [0.25, 0.3) is 11.6 Å². The van der Waals surface area contributed by atoms with Gasteiger partial charge in [0.15, 0.2) is 0 Å². The quantitative estimate of drug-likeness (QED) is 0.533. The molecule has 0 saturated carbocycles. The highest BCUT2D eigenvalue weighted by atomic mass is 35.5. The van der Waals surface area contributed by atoms with Gasteiger partial charge in [-0.05, 0) is 25.1 Å². The maximum Gasteiger partial charge on any atom is 0.319 e. The molecule has 0 radical (unpaired) electrons. The van der Waals surface area contributed by atoms with Crippen molar-refractivity contribution in [1.82, 2.24) is 10.6 Å². The predicted molar refractivity (Wildman–Crippen MR) is 100 cm³/mol. The molecule has 0 aromatic heterocycles. The van der Waals surface area contributed by atoms with E-state index in [9.17, 15) is 24.1 Å². The van der Waals surface area contributed by atoms with Gasteiger partial charge in [-0.1, -0.05) is 23.7 Å². The van der Waals surface area contributed by atoms with Crippen LogP contribution in [0.15, 0.2) is 53.7 Å². The largest absolute Gasteiger partial charge is 0.327 e.